The lowest BCUT2D eigenvalue weighted by molar-refractivity contribution is -0.137. The Labute approximate surface area is 209 Å². The highest BCUT2D eigenvalue weighted by Gasteiger charge is 2.12. The number of aliphatic hydroxyl groups is 1. The average molecular weight is 480 g/mol. The summed E-state index contributed by atoms with van der Waals surface area (Å²) in [5.74, 6) is -0.694. The van der Waals surface area contributed by atoms with E-state index >= 15 is 0 Å². The van der Waals surface area contributed by atoms with E-state index in [4.69, 9.17) is 5.11 Å². The molecule has 0 aliphatic rings. The van der Waals surface area contributed by atoms with E-state index in [1.54, 1.807) is 0 Å². The van der Waals surface area contributed by atoms with Crippen molar-refractivity contribution < 1.29 is 15.0 Å². The molecular formula is C28H53N3O3. The maximum Gasteiger partial charge on any atom is 0.303 e. The minimum atomic E-state index is -0.694. The lowest BCUT2D eigenvalue weighted by Crippen LogP contribution is -2.34. The van der Waals surface area contributed by atoms with Gasteiger partial charge in [0.1, 0.15) is 0 Å². The number of aliphatic carboxylic acids is 1. The van der Waals surface area contributed by atoms with Gasteiger partial charge < -0.3 is 19.7 Å². The van der Waals surface area contributed by atoms with E-state index < -0.39 is 5.97 Å². The van der Waals surface area contributed by atoms with Crippen LogP contribution in [0.2, 0.25) is 0 Å². The maximum atomic E-state index is 10.6. The Balaban J connectivity index is 2.17. The Morgan fingerprint density at radius 2 is 1.44 bits per heavy atom. The first-order valence-electron chi connectivity index (χ1n) is 14.2. The molecule has 0 aliphatic carbocycles. The van der Waals surface area contributed by atoms with Gasteiger partial charge in [-0.05, 0) is 38.8 Å². The third-order valence-electron chi connectivity index (χ3n) is 6.67. The molecule has 0 saturated heterocycles. The van der Waals surface area contributed by atoms with Gasteiger partial charge in [0.05, 0.1) is 12.4 Å². The molecule has 1 heterocycles. The van der Waals surface area contributed by atoms with Crippen molar-refractivity contribution in [2.75, 3.05) is 19.6 Å². The van der Waals surface area contributed by atoms with Gasteiger partial charge in [0.2, 0.25) is 0 Å². The lowest BCUT2D eigenvalue weighted by atomic mass is 10.0. The highest BCUT2D eigenvalue weighted by atomic mass is 16.4. The number of aryl methyl sites for hydroxylation is 1. The predicted molar refractivity (Wildman–Crippen MR) is 141 cm³/mol. The Kier molecular flexibility index (Phi) is 19.9. The van der Waals surface area contributed by atoms with Crippen LogP contribution in [0.1, 0.15) is 122 Å². The SMILES string of the molecule is CCCCCCCCCCCCC(O)CN(CCCCCCCC(=O)O)CCCn1ccnc1. The fourth-order valence-electron chi connectivity index (χ4n) is 4.59. The van der Waals surface area contributed by atoms with Gasteiger partial charge in [-0.2, -0.15) is 0 Å². The summed E-state index contributed by atoms with van der Waals surface area (Å²) in [4.78, 5) is 17.2. The fraction of sp³-hybridized carbons (Fsp3) is 0.857. The van der Waals surface area contributed by atoms with Gasteiger partial charge in [-0.25, -0.2) is 4.98 Å². The minimum Gasteiger partial charge on any atom is -0.481 e. The molecule has 0 fully saturated rings. The number of hydrogen-bond acceptors (Lipinski definition) is 4. The van der Waals surface area contributed by atoms with Crippen molar-refractivity contribution in [3.8, 4) is 0 Å². The van der Waals surface area contributed by atoms with Crippen LogP contribution in [0.3, 0.4) is 0 Å². The predicted octanol–water partition coefficient (Wildman–Crippen LogP) is 6.67. The highest BCUT2D eigenvalue weighted by Crippen LogP contribution is 2.13. The van der Waals surface area contributed by atoms with Gasteiger partial charge in [-0.15, -0.1) is 0 Å². The fourth-order valence-corrected chi connectivity index (χ4v) is 4.59. The third kappa shape index (κ3) is 19.0. The second kappa shape index (κ2) is 22.1. The number of hydrogen-bond donors (Lipinski definition) is 2. The average Bonchev–Trinajstić information content (AvgIpc) is 3.33. The zero-order chi connectivity index (χ0) is 24.7. The molecule has 1 aromatic rings. The molecule has 0 bridgehead atoms. The van der Waals surface area contributed by atoms with Gasteiger partial charge >= 0.3 is 5.97 Å². The van der Waals surface area contributed by atoms with E-state index in [1.807, 2.05) is 18.7 Å². The Bertz CT molecular complexity index is 565. The molecule has 6 heteroatoms. The van der Waals surface area contributed by atoms with Crippen LogP contribution in [0, 0.1) is 0 Å². The van der Waals surface area contributed by atoms with Crippen molar-refractivity contribution in [1.29, 1.82) is 0 Å². The molecule has 6 nitrogen and oxygen atoms in total. The number of imidazole rings is 1. The molecule has 0 amide bonds. The molecule has 198 valence electrons. The molecule has 0 saturated carbocycles. The molecule has 1 rings (SSSR count). The van der Waals surface area contributed by atoms with Gasteiger partial charge in [0, 0.05) is 31.9 Å². The zero-order valence-electron chi connectivity index (χ0n) is 22.0. The number of rotatable bonds is 25. The molecule has 0 spiro atoms. The van der Waals surface area contributed by atoms with Crippen LogP contribution >= 0.6 is 0 Å². The van der Waals surface area contributed by atoms with Crippen molar-refractivity contribution in [3.63, 3.8) is 0 Å². The first-order chi connectivity index (χ1) is 16.6. The van der Waals surface area contributed by atoms with Gasteiger partial charge in [0.15, 0.2) is 0 Å². The van der Waals surface area contributed by atoms with E-state index in [-0.39, 0.29) is 12.5 Å². The van der Waals surface area contributed by atoms with Gasteiger partial charge in [-0.1, -0.05) is 90.4 Å². The van der Waals surface area contributed by atoms with E-state index in [9.17, 15) is 9.90 Å². The Hall–Kier alpha value is -1.40. The van der Waals surface area contributed by atoms with Crippen molar-refractivity contribution >= 4 is 5.97 Å². The molecule has 34 heavy (non-hydrogen) atoms. The summed E-state index contributed by atoms with van der Waals surface area (Å²) in [5.41, 5.74) is 0. The molecule has 1 aromatic heterocycles. The summed E-state index contributed by atoms with van der Waals surface area (Å²) in [6, 6.07) is 0. The van der Waals surface area contributed by atoms with Crippen molar-refractivity contribution in [1.82, 2.24) is 14.5 Å². The Morgan fingerprint density at radius 1 is 0.853 bits per heavy atom. The summed E-state index contributed by atoms with van der Waals surface area (Å²) in [6.45, 7) is 5.99. The summed E-state index contributed by atoms with van der Waals surface area (Å²) in [7, 11) is 0. The van der Waals surface area contributed by atoms with Crippen LogP contribution in [0.4, 0.5) is 0 Å². The summed E-state index contributed by atoms with van der Waals surface area (Å²) < 4.78 is 2.11. The third-order valence-corrected chi connectivity index (χ3v) is 6.67. The number of unbranched alkanes of at least 4 members (excludes halogenated alkanes) is 13. The van der Waals surface area contributed by atoms with Gasteiger partial charge in [0.25, 0.3) is 0 Å². The monoisotopic (exact) mass is 479 g/mol. The topological polar surface area (TPSA) is 78.6 Å². The normalized spacial score (nSPS) is 12.4. The van der Waals surface area contributed by atoms with Crippen molar-refractivity contribution in [2.45, 2.75) is 135 Å². The molecule has 0 aliphatic heterocycles. The number of nitrogens with zero attached hydrogens (tertiary/aromatic N) is 3. The highest BCUT2D eigenvalue weighted by molar-refractivity contribution is 5.66. The lowest BCUT2D eigenvalue weighted by Gasteiger charge is -2.25. The first-order valence-corrected chi connectivity index (χ1v) is 14.2. The van der Waals surface area contributed by atoms with Crippen LogP contribution in [0.15, 0.2) is 18.7 Å². The summed E-state index contributed by atoms with van der Waals surface area (Å²) >= 11 is 0. The standard InChI is InChI=1S/C28H53N3O3/c1-2-3-4-5-6-7-8-9-11-14-18-27(32)25-30(22-17-23-31-24-20-29-26-31)21-16-13-10-12-15-19-28(33)34/h20,24,26-27,32H,2-19,21-23,25H2,1H3,(H,33,34). The number of carboxylic acid groups (broad SMARTS) is 1. The molecule has 2 N–H and O–H groups in total. The molecule has 1 atom stereocenters. The van der Waals surface area contributed by atoms with Crippen LogP contribution in [0.5, 0.6) is 0 Å². The first kappa shape index (κ1) is 30.6. The molecule has 0 aromatic carbocycles. The minimum absolute atomic E-state index is 0.238. The smallest absolute Gasteiger partial charge is 0.303 e. The Morgan fingerprint density at radius 3 is 2.06 bits per heavy atom. The van der Waals surface area contributed by atoms with E-state index in [1.165, 1.54) is 57.8 Å². The molecule has 0 radical (unpaired) electrons. The van der Waals surface area contributed by atoms with E-state index in [0.29, 0.717) is 0 Å². The maximum absolute atomic E-state index is 10.6. The summed E-state index contributed by atoms with van der Waals surface area (Å²) in [6.07, 6.45) is 26.1. The quantitative estimate of drug-likeness (QED) is 0.153. The second-order valence-corrected chi connectivity index (χ2v) is 9.99. The largest absolute Gasteiger partial charge is 0.481 e. The number of carbonyl (C=O) groups is 1. The van der Waals surface area contributed by atoms with E-state index in [0.717, 1.165) is 77.5 Å². The molecule has 1 unspecified atom stereocenters. The van der Waals surface area contributed by atoms with Crippen LogP contribution in [-0.2, 0) is 11.3 Å². The number of aromatic nitrogens is 2. The van der Waals surface area contributed by atoms with Crippen LogP contribution < -0.4 is 0 Å². The van der Waals surface area contributed by atoms with Gasteiger partial charge in [-0.3, -0.25) is 4.79 Å². The van der Waals surface area contributed by atoms with Crippen LogP contribution in [-0.4, -0.2) is 56.4 Å². The summed E-state index contributed by atoms with van der Waals surface area (Å²) in [5, 5.41) is 19.4. The zero-order valence-corrected chi connectivity index (χ0v) is 22.0. The molecular weight excluding hydrogens is 426 g/mol. The van der Waals surface area contributed by atoms with Crippen LogP contribution in [0.25, 0.3) is 0 Å². The van der Waals surface area contributed by atoms with Crippen molar-refractivity contribution in [2.24, 2.45) is 0 Å². The second-order valence-electron chi connectivity index (χ2n) is 9.99. The number of carboxylic acids is 1. The van der Waals surface area contributed by atoms with Crippen molar-refractivity contribution in [3.05, 3.63) is 18.7 Å². The number of aliphatic hydroxyl groups excluding tert-OH is 1. The van der Waals surface area contributed by atoms with E-state index in [2.05, 4.69) is 21.4 Å².